The molecular formula is C16H15ClNO5S2-. The van der Waals surface area contributed by atoms with Crippen molar-refractivity contribution >= 4 is 57.9 Å². The minimum Gasteiger partial charge on any atom is -0.550 e. The molecular weight excluding hydrogens is 386 g/mol. The molecule has 0 radical (unpaired) electrons. The molecule has 1 aromatic carbocycles. The molecule has 0 N–H and O–H groups in total. The Hall–Kier alpha value is -1.77. The lowest BCUT2D eigenvalue weighted by Crippen LogP contribution is -2.30. The maximum atomic E-state index is 12.5. The smallest absolute Gasteiger partial charge is 0.266 e. The van der Waals surface area contributed by atoms with Crippen molar-refractivity contribution in [2.75, 3.05) is 20.8 Å². The van der Waals surface area contributed by atoms with E-state index in [1.165, 1.54) is 19.1 Å². The van der Waals surface area contributed by atoms with Crippen molar-refractivity contribution in [1.29, 1.82) is 0 Å². The Kier molecular flexibility index (Phi) is 6.69. The number of carbonyl (C=O) groups excluding carboxylic acids is 2. The van der Waals surface area contributed by atoms with Crippen LogP contribution in [0, 0.1) is 0 Å². The standard InChI is InChI=1S/C16H16ClNO5S2/c1-22-11-7-9(6-10(17)14(11)23-2)8-12-15(21)18(16(24)25-12)5-3-4-13(19)20/h6-8H,3-5H2,1-2H3,(H,19,20)/p-1/b12-8-. The number of hydrogen-bond donors (Lipinski definition) is 0. The summed E-state index contributed by atoms with van der Waals surface area (Å²) in [5, 5.41) is 10.8. The van der Waals surface area contributed by atoms with E-state index in [0.29, 0.717) is 31.3 Å². The number of nitrogens with zero attached hydrogens (tertiary/aromatic N) is 1. The number of thioether (sulfide) groups is 1. The number of benzene rings is 1. The summed E-state index contributed by atoms with van der Waals surface area (Å²) in [6.07, 6.45) is 1.82. The molecule has 1 aliphatic heterocycles. The highest BCUT2D eigenvalue weighted by atomic mass is 35.5. The molecule has 0 saturated carbocycles. The topological polar surface area (TPSA) is 78.9 Å². The van der Waals surface area contributed by atoms with Gasteiger partial charge in [-0.3, -0.25) is 9.69 Å². The van der Waals surface area contributed by atoms with Crippen molar-refractivity contribution in [2.45, 2.75) is 12.8 Å². The van der Waals surface area contributed by atoms with Crippen molar-refractivity contribution in [1.82, 2.24) is 4.90 Å². The van der Waals surface area contributed by atoms with Crippen LogP contribution in [0.4, 0.5) is 0 Å². The van der Waals surface area contributed by atoms with Crippen LogP contribution in [0.25, 0.3) is 6.08 Å². The van der Waals surface area contributed by atoms with Crippen molar-refractivity contribution < 1.29 is 24.2 Å². The molecule has 1 aliphatic rings. The molecule has 25 heavy (non-hydrogen) atoms. The zero-order valence-corrected chi connectivity index (χ0v) is 15.9. The summed E-state index contributed by atoms with van der Waals surface area (Å²) >= 11 is 12.5. The summed E-state index contributed by atoms with van der Waals surface area (Å²) in [5.41, 5.74) is 0.665. The third-order valence-electron chi connectivity index (χ3n) is 3.39. The quantitative estimate of drug-likeness (QED) is 0.512. The third-order valence-corrected chi connectivity index (χ3v) is 5.05. The van der Waals surface area contributed by atoms with E-state index in [-0.39, 0.29) is 25.3 Å². The lowest BCUT2D eigenvalue weighted by atomic mass is 10.1. The highest BCUT2D eigenvalue weighted by molar-refractivity contribution is 8.26. The molecule has 0 aromatic heterocycles. The number of rotatable bonds is 7. The number of thiocarbonyl (C=S) groups is 1. The molecule has 1 saturated heterocycles. The minimum atomic E-state index is -1.15. The number of amides is 1. The molecule has 0 atom stereocenters. The highest BCUT2D eigenvalue weighted by Gasteiger charge is 2.31. The number of carboxylic acids is 1. The monoisotopic (exact) mass is 400 g/mol. The van der Waals surface area contributed by atoms with Crippen molar-refractivity contribution in [2.24, 2.45) is 0 Å². The third kappa shape index (κ3) is 4.65. The predicted octanol–water partition coefficient (Wildman–Crippen LogP) is 2.09. The number of halogens is 1. The maximum Gasteiger partial charge on any atom is 0.266 e. The van der Waals surface area contributed by atoms with Gasteiger partial charge in [0.2, 0.25) is 0 Å². The maximum absolute atomic E-state index is 12.5. The molecule has 9 heteroatoms. The molecule has 0 unspecified atom stereocenters. The van der Waals surface area contributed by atoms with E-state index < -0.39 is 5.97 Å². The van der Waals surface area contributed by atoms with E-state index in [2.05, 4.69) is 0 Å². The fraction of sp³-hybridized carbons (Fsp3) is 0.312. The van der Waals surface area contributed by atoms with E-state index in [4.69, 9.17) is 33.3 Å². The van der Waals surface area contributed by atoms with Crippen LogP contribution in [0.2, 0.25) is 5.02 Å². The molecule has 1 heterocycles. The van der Waals surface area contributed by atoms with Gasteiger partial charge in [0.1, 0.15) is 4.32 Å². The fourth-order valence-electron chi connectivity index (χ4n) is 2.25. The van der Waals surface area contributed by atoms with Gasteiger partial charge in [-0.25, -0.2) is 0 Å². The van der Waals surface area contributed by atoms with E-state index in [1.54, 1.807) is 18.2 Å². The Labute approximate surface area is 159 Å². The molecule has 0 spiro atoms. The molecule has 2 rings (SSSR count). The normalized spacial score (nSPS) is 15.8. The van der Waals surface area contributed by atoms with Crippen LogP contribution in [0.1, 0.15) is 18.4 Å². The van der Waals surface area contributed by atoms with Gasteiger partial charge in [0.15, 0.2) is 11.5 Å². The summed E-state index contributed by atoms with van der Waals surface area (Å²) < 4.78 is 10.8. The second-order valence-corrected chi connectivity index (χ2v) is 7.13. The van der Waals surface area contributed by atoms with Gasteiger partial charge >= 0.3 is 0 Å². The lowest BCUT2D eigenvalue weighted by Gasteiger charge is -2.14. The van der Waals surface area contributed by atoms with Gasteiger partial charge in [0, 0.05) is 12.5 Å². The Morgan fingerprint density at radius 2 is 2.12 bits per heavy atom. The van der Waals surface area contributed by atoms with E-state index in [9.17, 15) is 14.7 Å². The fourth-order valence-corrected chi connectivity index (χ4v) is 3.85. The second-order valence-electron chi connectivity index (χ2n) is 5.05. The summed E-state index contributed by atoms with van der Waals surface area (Å²) in [5.74, 6) is -0.554. The number of hydrogen-bond acceptors (Lipinski definition) is 7. The summed E-state index contributed by atoms with van der Waals surface area (Å²) in [6, 6.07) is 3.36. The van der Waals surface area contributed by atoms with Crippen LogP contribution in [0.3, 0.4) is 0 Å². The van der Waals surface area contributed by atoms with Gasteiger partial charge < -0.3 is 19.4 Å². The predicted molar refractivity (Wildman–Crippen MR) is 98.7 cm³/mol. The van der Waals surface area contributed by atoms with Gasteiger partial charge in [-0.05, 0) is 36.6 Å². The first kappa shape index (κ1) is 19.6. The number of methoxy groups -OCH3 is 2. The number of ether oxygens (including phenoxy) is 2. The van der Waals surface area contributed by atoms with E-state index in [0.717, 1.165) is 11.8 Å². The molecule has 6 nitrogen and oxygen atoms in total. The molecule has 0 bridgehead atoms. The first-order valence-electron chi connectivity index (χ1n) is 7.24. The van der Waals surface area contributed by atoms with Crippen LogP contribution >= 0.6 is 35.6 Å². The van der Waals surface area contributed by atoms with Gasteiger partial charge in [-0.15, -0.1) is 0 Å². The van der Waals surface area contributed by atoms with Gasteiger partial charge in [-0.2, -0.15) is 0 Å². The molecule has 0 aliphatic carbocycles. The van der Waals surface area contributed by atoms with Crippen molar-refractivity contribution in [3.63, 3.8) is 0 Å². The zero-order chi connectivity index (χ0) is 18.6. The number of aliphatic carboxylic acids is 1. The van der Waals surface area contributed by atoms with Gasteiger partial charge in [0.25, 0.3) is 5.91 Å². The van der Waals surface area contributed by atoms with Gasteiger partial charge in [0.05, 0.1) is 24.1 Å². The summed E-state index contributed by atoms with van der Waals surface area (Å²) in [4.78, 5) is 24.8. The van der Waals surface area contributed by atoms with Crippen LogP contribution in [-0.2, 0) is 9.59 Å². The van der Waals surface area contributed by atoms with E-state index in [1.807, 2.05) is 0 Å². The van der Waals surface area contributed by atoms with Crippen molar-refractivity contribution in [3.05, 3.63) is 27.6 Å². The zero-order valence-electron chi connectivity index (χ0n) is 13.5. The van der Waals surface area contributed by atoms with Crippen LogP contribution in [0.5, 0.6) is 11.5 Å². The van der Waals surface area contributed by atoms with Crippen LogP contribution in [0.15, 0.2) is 17.0 Å². The van der Waals surface area contributed by atoms with Crippen LogP contribution < -0.4 is 14.6 Å². The average Bonchev–Trinajstić information content (AvgIpc) is 2.81. The Morgan fingerprint density at radius 1 is 1.40 bits per heavy atom. The number of carbonyl (C=O) groups is 2. The minimum absolute atomic E-state index is 0.124. The molecule has 1 aromatic rings. The second kappa shape index (κ2) is 8.55. The van der Waals surface area contributed by atoms with Crippen LogP contribution in [-0.4, -0.2) is 41.9 Å². The molecule has 134 valence electrons. The summed E-state index contributed by atoms with van der Waals surface area (Å²) in [7, 11) is 2.98. The SMILES string of the molecule is COc1cc(/C=C2\SC(=S)N(CCCC(=O)[O-])C2=O)cc(Cl)c1OC. The first-order chi connectivity index (χ1) is 11.9. The van der Waals surface area contributed by atoms with Gasteiger partial charge in [-0.1, -0.05) is 35.6 Å². The Morgan fingerprint density at radius 3 is 2.72 bits per heavy atom. The van der Waals surface area contributed by atoms with E-state index >= 15 is 0 Å². The highest BCUT2D eigenvalue weighted by Crippen LogP contribution is 2.38. The molecule has 1 fully saturated rings. The largest absolute Gasteiger partial charge is 0.550 e. The Balaban J connectivity index is 2.21. The first-order valence-corrected chi connectivity index (χ1v) is 8.84. The Bertz CT molecular complexity index is 750. The van der Waals surface area contributed by atoms with Crippen molar-refractivity contribution in [3.8, 4) is 11.5 Å². The number of carboxylic acid groups (broad SMARTS) is 1. The average molecular weight is 401 g/mol. The molecule has 1 amide bonds. The summed E-state index contributed by atoms with van der Waals surface area (Å²) in [6.45, 7) is 0.239. The lowest BCUT2D eigenvalue weighted by molar-refractivity contribution is -0.305.